The highest BCUT2D eigenvalue weighted by atomic mass is 16.6. The molecule has 0 radical (unpaired) electrons. The van der Waals surface area contributed by atoms with E-state index >= 15 is 0 Å². The smallest absolute Gasteiger partial charge is 0.278 e. The van der Waals surface area contributed by atoms with Crippen LogP contribution in [-0.2, 0) is 0 Å². The van der Waals surface area contributed by atoms with Gasteiger partial charge in [-0.25, -0.2) is 0 Å². The molecular formula is C6H7N3O3. The SMILES string of the molecule is COc1cc([N+](=O)[O-])cc(N)n1. The number of nitro groups is 1. The van der Waals surface area contributed by atoms with Crippen LogP contribution in [0.4, 0.5) is 11.5 Å². The number of rotatable bonds is 2. The Morgan fingerprint density at radius 3 is 2.83 bits per heavy atom. The largest absolute Gasteiger partial charge is 0.481 e. The van der Waals surface area contributed by atoms with E-state index in [1.54, 1.807) is 0 Å². The highest BCUT2D eigenvalue weighted by Gasteiger charge is 2.09. The van der Waals surface area contributed by atoms with Crippen molar-refractivity contribution in [1.29, 1.82) is 0 Å². The standard InChI is InChI=1S/C6H7N3O3/c1-12-6-3-4(9(10)11)2-5(7)8-6/h2-3H,1H3,(H2,7,8). The number of aromatic nitrogens is 1. The Morgan fingerprint density at radius 1 is 1.67 bits per heavy atom. The van der Waals surface area contributed by atoms with Crippen LogP contribution in [0.25, 0.3) is 0 Å². The number of nitrogen functional groups attached to an aromatic ring is 1. The predicted molar refractivity (Wildman–Crippen MR) is 41.9 cm³/mol. The number of hydrogen-bond donors (Lipinski definition) is 1. The summed E-state index contributed by atoms with van der Waals surface area (Å²) in [6, 6.07) is 2.37. The van der Waals surface area contributed by atoms with Crippen LogP contribution < -0.4 is 10.5 Å². The van der Waals surface area contributed by atoms with E-state index in [1.165, 1.54) is 19.2 Å². The molecule has 0 aliphatic rings. The number of hydrogen-bond acceptors (Lipinski definition) is 5. The average molecular weight is 169 g/mol. The third-order valence-corrected chi connectivity index (χ3v) is 1.23. The van der Waals surface area contributed by atoms with Gasteiger partial charge in [-0.1, -0.05) is 0 Å². The minimum atomic E-state index is -0.555. The Hall–Kier alpha value is -1.85. The van der Waals surface area contributed by atoms with E-state index in [4.69, 9.17) is 10.5 Å². The minimum absolute atomic E-state index is 0.0704. The zero-order valence-corrected chi connectivity index (χ0v) is 6.35. The molecule has 0 bridgehead atoms. The molecule has 1 heterocycles. The molecule has 1 rings (SSSR count). The molecule has 0 aromatic carbocycles. The molecular weight excluding hydrogens is 162 g/mol. The normalized spacial score (nSPS) is 9.42. The lowest BCUT2D eigenvalue weighted by Gasteiger charge is -1.98. The third-order valence-electron chi connectivity index (χ3n) is 1.23. The maximum atomic E-state index is 10.3. The van der Waals surface area contributed by atoms with Gasteiger partial charge in [0.25, 0.3) is 5.69 Å². The summed E-state index contributed by atoms with van der Waals surface area (Å²) in [6.07, 6.45) is 0. The van der Waals surface area contributed by atoms with Gasteiger partial charge >= 0.3 is 0 Å². The number of nitrogens with zero attached hydrogens (tertiary/aromatic N) is 2. The predicted octanol–water partition coefficient (Wildman–Crippen LogP) is 0.581. The van der Waals surface area contributed by atoms with E-state index in [9.17, 15) is 10.1 Å². The van der Waals surface area contributed by atoms with Crippen LogP contribution in [-0.4, -0.2) is 17.0 Å². The summed E-state index contributed by atoms with van der Waals surface area (Å²) in [6.45, 7) is 0. The van der Waals surface area contributed by atoms with Crippen LogP contribution in [0, 0.1) is 10.1 Å². The van der Waals surface area contributed by atoms with Crippen molar-refractivity contribution in [3.05, 3.63) is 22.2 Å². The number of ether oxygens (including phenoxy) is 1. The molecule has 12 heavy (non-hydrogen) atoms. The molecule has 0 spiro atoms. The monoisotopic (exact) mass is 169 g/mol. The molecule has 1 aromatic heterocycles. The van der Waals surface area contributed by atoms with Crippen LogP contribution in [0.5, 0.6) is 5.88 Å². The van der Waals surface area contributed by atoms with E-state index in [0.717, 1.165) is 0 Å². The Bertz CT molecular complexity index is 313. The molecule has 0 amide bonds. The zero-order chi connectivity index (χ0) is 9.14. The van der Waals surface area contributed by atoms with Crippen LogP contribution in [0.2, 0.25) is 0 Å². The van der Waals surface area contributed by atoms with Crippen molar-refractivity contribution in [2.45, 2.75) is 0 Å². The van der Waals surface area contributed by atoms with Gasteiger partial charge in [0.05, 0.1) is 24.2 Å². The first kappa shape index (κ1) is 8.25. The lowest BCUT2D eigenvalue weighted by Crippen LogP contribution is -1.97. The summed E-state index contributed by atoms with van der Waals surface area (Å²) in [7, 11) is 1.37. The van der Waals surface area contributed by atoms with Crippen molar-refractivity contribution in [2.75, 3.05) is 12.8 Å². The Kier molecular flexibility index (Phi) is 2.09. The van der Waals surface area contributed by atoms with Gasteiger partial charge in [0.1, 0.15) is 5.82 Å². The van der Waals surface area contributed by atoms with Gasteiger partial charge in [-0.2, -0.15) is 4.98 Å². The second-order valence-electron chi connectivity index (χ2n) is 2.05. The number of methoxy groups -OCH3 is 1. The molecule has 2 N–H and O–H groups in total. The maximum absolute atomic E-state index is 10.3. The van der Waals surface area contributed by atoms with Crippen LogP contribution in [0.1, 0.15) is 0 Å². The quantitative estimate of drug-likeness (QED) is 0.516. The topological polar surface area (TPSA) is 91.3 Å². The zero-order valence-electron chi connectivity index (χ0n) is 6.35. The molecule has 0 fully saturated rings. The van der Waals surface area contributed by atoms with E-state index in [0.29, 0.717) is 0 Å². The van der Waals surface area contributed by atoms with Crippen molar-refractivity contribution in [3.8, 4) is 5.88 Å². The fourth-order valence-corrected chi connectivity index (χ4v) is 0.721. The van der Waals surface area contributed by atoms with E-state index in [2.05, 4.69) is 4.98 Å². The Labute approximate surface area is 68.1 Å². The molecule has 1 aromatic rings. The lowest BCUT2D eigenvalue weighted by atomic mass is 10.4. The first-order valence-corrected chi connectivity index (χ1v) is 3.09. The first-order chi connectivity index (χ1) is 5.63. The molecule has 0 aliphatic heterocycles. The summed E-state index contributed by atoms with van der Waals surface area (Å²) in [5, 5.41) is 10.3. The van der Waals surface area contributed by atoms with Crippen molar-refractivity contribution < 1.29 is 9.66 Å². The van der Waals surface area contributed by atoms with Gasteiger partial charge in [0.15, 0.2) is 0 Å². The highest BCUT2D eigenvalue weighted by molar-refractivity contribution is 5.45. The molecule has 6 nitrogen and oxygen atoms in total. The number of anilines is 1. The van der Waals surface area contributed by atoms with Crippen molar-refractivity contribution >= 4 is 11.5 Å². The van der Waals surface area contributed by atoms with E-state index in [1.807, 2.05) is 0 Å². The average Bonchev–Trinajstić information content (AvgIpc) is 2.03. The lowest BCUT2D eigenvalue weighted by molar-refractivity contribution is -0.384. The Balaban J connectivity index is 3.15. The van der Waals surface area contributed by atoms with Gasteiger partial charge in [-0.05, 0) is 0 Å². The van der Waals surface area contributed by atoms with Gasteiger partial charge in [-0.3, -0.25) is 10.1 Å². The molecule has 0 atom stereocenters. The summed E-state index contributed by atoms with van der Waals surface area (Å²) in [4.78, 5) is 13.4. The Morgan fingerprint density at radius 2 is 2.33 bits per heavy atom. The molecule has 0 saturated heterocycles. The van der Waals surface area contributed by atoms with E-state index in [-0.39, 0.29) is 17.4 Å². The molecule has 64 valence electrons. The van der Waals surface area contributed by atoms with Crippen molar-refractivity contribution in [3.63, 3.8) is 0 Å². The molecule has 6 heteroatoms. The van der Waals surface area contributed by atoms with Crippen LogP contribution >= 0.6 is 0 Å². The van der Waals surface area contributed by atoms with Crippen LogP contribution in [0.15, 0.2) is 12.1 Å². The van der Waals surface area contributed by atoms with Gasteiger partial charge in [0.2, 0.25) is 5.88 Å². The minimum Gasteiger partial charge on any atom is -0.481 e. The van der Waals surface area contributed by atoms with Gasteiger partial charge < -0.3 is 10.5 Å². The maximum Gasteiger partial charge on any atom is 0.278 e. The first-order valence-electron chi connectivity index (χ1n) is 3.09. The van der Waals surface area contributed by atoms with Crippen molar-refractivity contribution in [2.24, 2.45) is 0 Å². The second-order valence-corrected chi connectivity index (χ2v) is 2.05. The summed E-state index contributed by atoms with van der Waals surface area (Å²) >= 11 is 0. The summed E-state index contributed by atoms with van der Waals surface area (Å²) < 4.78 is 4.69. The highest BCUT2D eigenvalue weighted by Crippen LogP contribution is 2.19. The van der Waals surface area contributed by atoms with Crippen molar-refractivity contribution in [1.82, 2.24) is 4.98 Å². The van der Waals surface area contributed by atoms with E-state index < -0.39 is 4.92 Å². The van der Waals surface area contributed by atoms with Crippen LogP contribution in [0.3, 0.4) is 0 Å². The fraction of sp³-hybridized carbons (Fsp3) is 0.167. The molecule has 0 unspecified atom stereocenters. The van der Waals surface area contributed by atoms with Gasteiger partial charge in [-0.15, -0.1) is 0 Å². The molecule has 0 saturated carbocycles. The third kappa shape index (κ3) is 1.60. The molecule has 0 aliphatic carbocycles. The number of pyridine rings is 1. The second kappa shape index (κ2) is 3.04. The van der Waals surface area contributed by atoms with Gasteiger partial charge in [0, 0.05) is 0 Å². The summed E-state index contributed by atoms with van der Waals surface area (Å²) in [5.74, 6) is 0.211. The summed E-state index contributed by atoms with van der Waals surface area (Å²) in [5.41, 5.74) is 5.15. The number of nitrogens with two attached hydrogens (primary N) is 1. The fourth-order valence-electron chi connectivity index (χ4n) is 0.721.